The maximum Gasteiger partial charge on any atom is 0.318 e. The normalized spacial score (nSPS) is 15.0. The summed E-state index contributed by atoms with van der Waals surface area (Å²) in [6, 6.07) is 7.19. The van der Waals surface area contributed by atoms with Gasteiger partial charge in [-0.3, -0.25) is 15.4 Å². The zero-order chi connectivity index (χ0) is 17.6. The summed E-state index contributed by atoms with van der Waals surface area (Å²) in [4.78, 5) is 22.6. The number of imide groups is 1. The standard InChI is InChI=1S/C18H29N3O2/c1-6-12(4)14-7-9-15(10-8-14)16(11(2)3)20-13(5)17(22)21-18(19)23/h7-13,16,20H,6H2,1-5H3,(H3,19,21,22,23)/t12-,13+,16-/m1/s1. The minimum atomic E-state index is -0.831. The molecule has 0 aliphatic heterocycles. The predicted molar refractivity (Wildman–Crippen MR) is 93.1 cm³/mol. The van der Waals surface area contributed by atoms with E-state index in [1.807, 2.05) is 0 Å². The Morgan fingerprint density at radius 3 is 2.00 bits per heavy atom. The van der Waals surface area contributed by atoms with Crippen LogP contribution in [-0.4, -0.2) is 18.0 Å². The van der Waals surface area contributed by atoms with Crippen LogP contribution >= 0.6 is 0 Å². The Balaban J connectivity index is 2.86. The van der Waals surface area contributed by atoms with Gasteiger partial charge in [-0.15, -0.1) is 0 Å². The minimum absolute atomic E-state index is 0.0228. The smallest absolute Gasteiger partial charge is 0.318 e. The molecule has 1 aromatic rings. The molecule has 1 aromatic carbocycles. The lowest BCUT2D eigenvalue weighted by molar-refractivity contribution is -0.121. The van der Waals surface area contributed by atoms with Gasteiger partial charge in [0.15, 0.2) is 0 Å². The van der Waals surface area contributed by atoms with E-state index in [0.717, 1.165) is 12.0 Å². The van der Waals surface area contributed by atoms with Gasteiger partial charge >= 0.3 is 6.03 Å². The molecule has 5 heteroatoms. The van der Waals surface area contributed by atoms with Gasteiger partial charge in [-0.2, -0.15) is 0 Å². The first kappa shape index (κ1) is 19.2. The molecule has 0 fully saturated rings. The maximum absolute atomic E-state index is 11.9. The highest BCUT2D eigenvalue weighted by molar-refractivity contribution is 5.96. The molecule has 0 bridgehead atoms. The first-order valence-corrected chi connectivity index (χ1v) is 8.22. The number of benzene rings is 1. The summed E-state index contributed by atoms with van der Waals surface area (Å²) in [6.45, 7) is 10.3. The van der Waals surface area contributed by atoms with Gasteiger partial charge in [0.05, 0.1) is 6.04 Å². The van der Waals surface area contributed by atoms with Crippen molar-refractivity contribution < 1.29 is 9.59 Å². The zero-order valence-electron chi connectivity index (χ0n) is 14.7. The van der Waals surface area contributed by atoms with Crippen LogP contribution < -0.4 is 16.4 Å². The summed E-state index contributed by atoms with van der Waals surface area (Å²) in [6.07, 6.45) is 1.11. The number of nitrogens with two attached hydrogens (primary N) is 1. The lowest BCUT2D eigenvalue weighted by Crippen LogP contribution is -2.48. The fourth-order valence-corrected chi connectivity index (χ4v) is 2.52. The van der Waals surface area contributed by atoms with Gasteiger partial charge in [-0.05, 0) is 36.3 Å². The van der Waals surface area contributed by atoms with E-state index in [1.54, 1.807) is 6.92 Å². The average molecular weight is 319 g/mol. The summed E-state index contributed by atoms with van der Waals surface area (Å²) in [5.74, 6) is 0.419. The number of primary amides is 1. The summed E-state index contributed by atoms with van der Waals surface area (Å²) >= 11 is 0. The zero-order valence-corrected chi connectivity index (χ0v) is 14.7. The van der Waals surface area contributed by atoms with Gasteiger partial charge in [0.1, 0.15) is 0 Å². The van der Waals surface area contributed by atoms with E-state index >= 15 is 0 Å². The lowest BCUT2D eigenvalue weighted by atomic mass is 9.91. The third-order valence-corrected chi connectivity index (χ3v) is 4.21. The van der Waals surface area contributed by atoms with Crippen molar-refractivity contribution in [1.29, 1.82) is 0 Å². The van der Waals surface area contributed by atoms with Gasteiger partial charge in [-0.25, -0.2) is 4.79 Å². The van der Waals surface area contributed by atoms with Crippen molar-refractivity contribution >= 4 is 11.9 Å². The van der Waals surface area contributed by atoms with Crippen molar-refractivity contribution in [3.63, 3.8) is 0 Å². The number of amides is 3. The highest BCUT2D eigenvalue weighted by atomic mass is 16.2. The Morgan fingerprint density at radius 2 is 1.57 bits per heavy atom. The second-order valence-electron chi connectivity index (χ2n) is 6.44. The number of hydrogen-bond acceptors (Lipinski definition) is 3. The van der Waals surface area contributed by atoms with Crippen molar-refractivity contribution in [3.8, 4) is 0 Å². The largest absolute Gasteiger partial charge is 0.351 e. The Labute approximate surface area is 139 Å². The van der Waals surface area contributed by atoms with Crippen LogP contribution in [0.5, 0.6) is 0 Å². The summed E-state index contributed by atoms with van der Waals surface area (Å²) < 4.78 is 0. The molecule has 0 unspecified atom stereocenters. The van der Waals surface area contributed by atoms with Crippen LogP contribution in [0.3, 0.4) is 0 Å². The van der Waals surface area contributed by atoms with E-state index < -0.39 is 18.0 Å². The number of carbonyl (C=O) groups excluding carboxylic acids is 2. The van der Waals surface area contributed by atoms with Crippen LogP contribution in [0.25, 0.3) is 0 Å². The van der Waals surface area contributed by atoms with Crippen molar-refractivity contribution in [2.75, 3.05) is 0 Å². The van der Waals surface area contributed by atoms with Crippen LogP contribution in [-0.2, 0) is 4.79 Å². The van der Waals surface area contributed by atoms with Gasteiger partial charge in [-0.1, -0.05) is 52.0 Å². The molecule has 5 nitrogen and oxygen atoms in total. The van der Waals surface area contributed by atoms with E-state index in [1.165, 1.54) is 5.56 Å². The molecule has 0 saturated carbocycles. The highest BCUT2D eigenvalue weighted by Crippen LogP contribution is 2.25. The Hall–Kier alpha value is -1.88. The summed E-state index contributed by atoms with van der Waals surface area (Å²) in [5, 5.41) is 5.39. The molecule has 0 saturated heterocycles. The summed E-state index contributed by atoms with van der Waals surface area (Å²) in [7, 11) is 0. The van der Waals surface area contributed by atoms with Gasteiger partial charge < -0.3 is 5.73 Å². The molecule has 0 radical (unpaired) electrons. The van der Waals surface area contributed by atoms with Gasteiger partial charge in [0, 0.05) is 6.04 Å². The van der Waals surface area contributed by atoms with Crippen molar-refractivity contribution in [1.82, 2.24) is 10.6 Å². The maximum atomic E-state index is 11.9. The third-order valence-electron chi connectivity index (χ3n) is 4.21. The topological polar surface area (TPSA) is 84.2 Å². The predicted octanol–water partition coefficient (Wildman–Crippen LogP) is 3.07. The number of urea groups is 1. The van der Waals surface area contributed by atoms with Crippen LogP contribution in [0.15, 0.2) is 24.3 Å². The fraction of sp³-hybridized carbons (Fsp3) is 0.556. The first-order valence-electron chi connectivity index (χ1n) is 8.22. The van der Waals surface area contributed by atoms with Crippen molar-refractivity contribution in [3.05, 3.63) is 35.4 Å². The number of carbonyl (C=O) groups is 2. The number of nitrogens with one attached hydrogen (secondary N) is 2. The van der Waals surface area contributed by atoms with Gasteiger partial charge in [0.25, 0.3) is 0 Å². The molecule has 3 amide bonds. The Bertz CT molecular complexity index is 526. The highest BCUT2D eigenvalue weighted by Gasteiger charge is 2.22. The van der Waals surface area contributed by atoms with Crippen LogP contribution in [0.4, 0.5) is 4.79 Å². The van der Waals surface area contributed by atoms with Crippen LogP contribution in [0.2, 0.25) is 0 Å². The molecule has 0 aliphatic carbocycles. The second-order valence-corrected chi connectivity index (χ2v) is 6.44. The van der Waals surface area contributed by atoms with E-state index in [-0.39, 0.29) is 6.04 Å². The first-order chi connectivity index (χ1) is 10.8. The monoisotopic (exact) mass is 319 g/mol. The molecule has 0 heterocycles. The minimum Gasteiger partial charge on any atom is -0.351 e. The van der Waals surface area contributed by atoms with E-state index in [4.69, 9.17) is 5.73 Å². The Kier molecular flexibility index (Phi) is 7.23. The molecule has 3 atom stereocenters. The molecule has 0 aliphatic rings. The summed E-state index contributed by atoms with van der Waals surface area (Å²) in [5.41, 5.74) is 7.44. The SMILES string of the molecule is CC[C@@H](C)c1ccc([C@H](N[C@@H](C)C(=O)NC(N)=O)C(C)C)cc1. The van der Waals surface area contributed by atoms with Crippen molar-refractivity contribution in [2.24, 2.45) is 11.7 Å². The third kappa shape index (κ3) is 5.67. The molecule has 0 spiro atoms. The van der Waals surface area contributed by atoms with Crippen LogP contribution in [0.1, 0.15) is 64.1 Å². The average Bonchev–Trinajstić information content (AvgIpc) is 2.50. The van der Waals surface area contributed by atoms with Gasteiger partial charge in [0.2, 0.25) is 5.91 Å². The van der Waals surface area contributed by atoms with E-state index in [0.29, 0.717) is 11.8 Å². The Morgan fingerprint density at radius 1 is 1.04 bits per heavy atom. The molecule has 128 valence electrons. The molecule has 4 N–H and O–H groups in total. The molecule has 0 aromatic heterocycles. The van der Waals surface area contributed by atoms with Crippen molar-refractivity contribution in [2.45, 2.75) is 59.0 Å². The second kappa shape index (κ2) is 8.67. The molecule has 23 heavy (non-hydrogen) atoms. The molecule has 1 rings (SSSR count). The molecular formula is C18H29N3O2. The molecular weight excluding hydrogens is 290 g/mol. The van der Waals surface area contributed by atoms with Crippen LogP contribution in [0, 0.1) is 5.92 Å². The van der Waals surface area contributed by atoms with E-state index in [9.17, 15) is 9.59 Å². The lowest BCUT2D eigenvalue weighted by Gasteiger charge is -2.26. The number of rotatable bonds is 7. The van der Waals surface area contributed by atoms with E-state index in [2.05, 4.69) is 62.6 Å². The quantitative estimate of drug-likeness (QED) is 0.722. The fourth-order valence-electron chi connectivity index (χ4n) is 2.52. The number of hydrogen-bond donors (Lipinski definition) is 3.